The molecule has 0 aliphatic carbocycles. The first-order valence-corrected chi connectivity index (χ1v) is 6.50. The molecule has 5 nitrogen and oxygen atoms in total. The lowest BCUT2D eigenvalue weighted by atomic mass is 10.1. The predicted molar refractivity (Wildman–Crippen MR) is 70.8 cm³/mol. The Balaban J connectivity index is 2.70. The number of hydrogen-bond acceptors (Lipinski definition) is 3. The van der Waals surface area contributed by atoms with Crippen LogP contribution in [0.25, 0.3) is 0 Å². The van der Waals surface area contributed by atoms with Gasteiger partial charge in [-0.2, -0.15) is 5.10 Å². The SMILES string of the molecule is CCNC(CCn1nc(C)c(CC)c1C)C(=O)O. The van der Waals surface area contributed by atoms with Gasteiger partial charge in [-0.15, -0.1) is 0 Å². The largest absolute Gasteiger partial charge is 0.480 e. The molecule has 0 saturated carbocycles. The summed E-state index contributed by atoms with van der Waals surface area (Å²) in [5.41, 5.74) is 3.46. The molecule has 1 unspecified atom stereocenters. The van der Waals surface area contributed by atoms with Crippen molar-refractivity contribution in [2.24, 2.45) is 0 Å². The molecule has 0 amide bonds. The summed E-state index contributed by atoms with van der Waals surface area (Å²) >= 11 is 0. The van der Waals surface area contributed by atoms with E-state index in [4.69, 9.17) is 5.11 Å². The molecule has 1 atom stereocenters. The molecule has 0 fully saturated rings. The van der Waals surface area contributed by atoms with Gasteiger partial charge in [-0.25, -0.2) is 0 Å². The molecule has 0 aromatic carbocycles. The maximum absolute atomic E-state index is 11.0. The average Bonchev–Trinajstić information content (AvgIpc) is 2.59. The van der Waals surface area contributed by atoms with Crippen LogP contribution in [0.1, 0.15) is 37.2 Å². The normalized spacial score (nSPS) is 12.7. The Hall–Kier alpha value is -1.36. The highest BCUT2D eigenvalue weighted by atomic mass is 16.4. The van der Waals surface area contributed by atoms with Crippen molar-refractivity contribution >= 4 is 5.97 Å². The van der Waals surface area contributed by atoms with Gasteiger partial charge in [-0.1, -0.05) is 13.8 Å². The van der Waals surface area contributed by atoms with E-state index in [1.165, 1.54) is 5.56 Å². The summed E-state index contributed by atoms with van der Waals surface area (Å²) in [6.07, 6.45) is 1.52. The van der Waals surface area contributed by atoms with Gasteiger partial charge in [-0.05, 0) is 38.8 Å². The molecule has 1 aromatic rings. The number of carbonyl (C=O) groups is 1. The second-order valence-electron chi connectivity index (χ2n) is 4.46. The molecule has 18 heavy (non-hydrogen) atoms. The van der Waals surface area contributed by atoms with Gasteiger partial charge < -0.3 is 10.4 Å². The topological polar surface area (TPSA) is 67.2 Å². The van der Waals surface area contributed by atoms with Crippen molar-refractivity contribution in [3.05, 3.63) is 17.0 Å². The molecule has 0 aliphatic rings. The van der Waals surface area contributed by atoms with Gasteiger partial charge in [0.25, 0.3) is 0 Å². The number of likely N-dealkylation sites (N-methyl/N-ethyl adjacent to an activating group) is 1. The number of rotatable bonds is 7. The van der Waals surface area contributed by atoms with Crippen LogP contribution < -0.4 is 5.32 Å². The van der Waals surface area contributed by atoms with E-state index in [1.807, 2.05) is 25.5 Å². The number of nitrogens with one attached hydrogen (secondary N) is 1. The van der Waals surface area contributed by atoms with Crippen LogP contribution in [0, 0.1) is 13.8 Å². The van der Waals surface area contributed by atoms with E-state index >= 15 is 0 Å². The van der Waals surface area contributed by atoms with Crippen LogP contribution in [0.15, 0.2) is 0 Å². The fraction of sp³-hybridized carbons (Fsp3) is 0.692. The van der Waals surface area contributed by atoms with Crippen molar-refractivity contribution in [1.29, 1.82) is 0 Å². The third-order valence-corrected chi connectivity index (χ3v) is 3.26. The molecule has 0 aliphatic heterocycles. The molecule has 1 rings (SSSR count). The van der Waals surface area contributed by atoms with Crippen molar-refractivity contribution in [2.75, 3.05) is 6.54 Å². The fourth-order valence-corrected chi connectivity index (χ4v) is 2.27. The molecule has 0 bridgehead atoms. The Labute approximate surface area is 108 Å². The van der Waals surface area contributed by atoms with Gasteiger partial charge in [0.1, 0.15) is 6.04 Å². The number of carboxylic acids is 1. The Bertz CT molecular complexity index is 413. The molecule has 102 valence electrons. The summed E-state index contributed by atoms with van der Waals surface area (Å²) in [5, 5.41) is 16.5. The van der Waals surface area contributed by atoms with Crippen LogP contribution >= 0.6 is 0 Å². The van der Waals surface area contributed by atoms with Crippen LogP contribution in [0.3, 0.4) is 0 Å². The van der Waals surface area contributed by atoms with Crippen molar-refractivity contribution in [2.45, 2.75) is 53.1 Å². The van der Waals surface area contributed by atoms with Gasteiger partial charge in [0.2, 0.25) is 0 Å². The van der Waals surface area contributed by atoms with Crippen molar-refractivity contribution < 1.29 is 9.90 Å². The summed E-state index contributed by atoms with van der Waals surface area (Å²) in [6.45, 7) is 9.36. The first-order valence-electron chi connectivity index (χ1n) is 6.50. The van der Waals surface area contributed by atoms with Crippen molar-refractivity contribution in [3.63, 3.8) is 0 Å². The Kier molecular flexibility index (Phi) is 5.34. The molecule has 1 heterocycles. The van der Waals surface area contributed by atoms with E-state index in [0.29, 0.717) is 19.5 Å². The summed E-state index contributed by atoms with van der Waals surface area (Å²) in [5.74, 6) is -0.797. The number of aryl methyl sites for hydroxylation is 2. The van der Waals surface area contributed by atoms with Gasteiger partial charge in [0.05, 0.1) is 5.69 Å². The highest BCUT2D eigenvalue weighted by molar-refractivity contribution is 5.73. The van der Waals surface area contributed by atoms with Crippen LogP contribution in [0.5, 0.6) is 0 Å². The number of carboxylic acid groups (broad SMARTS) is 1. The molecule has 0 saturated heterocycles. The molecule has 0 spiro atoms. The second-order valence-corrected chi connectivity index (χ2v) is 4.46. The molecule has 2 N–H and O–H groups in total. The van der Waals surface area contributed by atoms with Gasteiger partial charge in [0, 0.05) is 12.2 Å². The molecular weight excluding hydrogens is 230 g/mol. The average molecular weight is 253 g/mol. The standard InChI is InChI=1S/C13H23N3O2/c1-5-11-9(3)15-16(10(11)4)8-7-12(13(17)18)14-6-2/h12,14H,5-8H2,1-4H3,(H,17,18). The zero-order valence-corrected chi connectivity index (χ0v) is 11.7. The second kappa shape index (κ2) is 6.54. The van der Waals surface area contributed by atoms with E-state index < -0.39 is 12.0 Å². The smallest absolute Gasteiger partial charge is 0.320 e. The first-order chi connectivity index (χ1) is 8.51. The minimum atomic E-state index is -0.797. The van der Waals surface area contributed by atoms with E-state index in [9.17, 15) is 4.79 Å². The monoisotopic (exact) mass is 253 g/mol. The fourth-order valence-electron chi connectivity index (χ4n) is 2.27. The number of aliphatic carboxylic acids is 1. The maximum atomic E-state index is 11.0. The summed E-state index contributed by atoms with van der Waals surface area (Å²) in [7, 11) is 0. The number of nitrogens with zero attached hydrogens (tertiary/aromatic N) is 2. The third kappa shape index (κ3) is 3.32. The highest BCUT2D eigenvalue weighted by Crippen LogP contribution is 2.14. The highest BCUT2D eigenvalue weighted by Gasteiger charge is 2.17. The lowest BCUT2D eigenvalue weighted by Crippen LogP contribution is -2.37. The van der Waals surface area contributed by atoms with E-state index in [0.717, 1.165) is 17.8 Å². The minimum absolute atomic E-state index is 0.496. The molecule has 5 heteroatoms. The van der Waals surface area contributed by atoms with Gasteiger partial charge >= 0.3 is 5.97 Å². The van der Waals surface area contributed by atoms with Gasteiger partial charge in [0.15, 0.2) is 0 Å². The summed E-state index contributed by atoms with van der Waals surface area (Å²) in [4.78, 5) is 11.0. The quantitative estimate of drug-likeness (QED) is 0.773. The number of aromatic nitrogens is 2. The van der Waals surface area contributed by atoms with Crippen molar-refractivity contribution in [3.8, 4) is 0 Å². The van der Waals surface area contributed by atoms with E-state index in [-0.39, 0.29) is 0 Å². The minimum Gasteiger partial charge on any atom is -0.480 e. The van der Waals surface area contributed by atoms with Crippen molar-refractivity contribution in [1.82, 2.24) is 15.1 Å². The predicted octanol–water partition coefficient (Wildman–Crippen LogP) is 1.52. The zero-order valence-electron chi connectivity index (χ0n) is 11.7. The first kappa shape index (κ1) is 14.7. The molecular formula is C13H23N3O2. The van der Waals surface area contributed by atoms with Crippen LogP contribution in [-0.4, -0.2) is 33.4 Å². The lowest BCUT2D eigenvalue weighted by Gasteiger charge is -2.13. The molecule has 0 radical (unpaired) electrons. The van der Waals surface area contributed by atoms with Crippen LogP contribution in [0.4, 0.5) is 0 Å². The number of hydrogen-bond donors (Lipinski definition) is 2. The lowest BCUT2D eigenvalue weighted by molar-refractivity contribution is -0.139. The van der Waals surface area contributed by atoms with Crippen LogP contribution in [-0.2, 0) is 17.8 Å². The molecule has 1 aromatic heterocycles. The van der Waals surface area contributed by atoms with Crippen LogP contribution in [0.2, 0.25) is 0 Å². The summed E-state index contributed by atoms with van der Waals surface area (Å²) in [6, 6.07) is -0.496. The zero-order chi connectivity index (χ0) is 13.7. The third-order valence-electron chi connectivity index (χ3n) is 3.26. The maximum Gasteiger partial charge on any atom is 0.320 e. The van der Waals surface area contributed by atoms with E-state index in [1.54, 1.807) is 0 Å². The Morgan fingerprint density at radius 3 is 2.56 bits per heavy atom. The summed E-state index contributed by atoms with van der Waals surface area (Å²) < 4.78 is 1.92. The Morgan fingerprint density at radius 2 is 2.11 bits per heavy atom. The van der Waals surface area contributed by atoms with E-state index in [2.05, 4.69) is 17.3 Å². The Morgan fingerprint density at radius 1 is 1.44 bits per heavy atom. The van der Waals surface area contributed by atoms with Gasteiger partial charge in [-0.3, -0.25) is 9.48 Å².